The molecule has 0 spiro atoms. The molecule has 2 amide bonds. The highest BCUT2D eigenvalue weighted by atomic mass is 16.6. The van der Waals surface area contributed by atoms with E-state index in [0.29, 0.717) is 49.0 Å². The van der Waals surface area contributed by atoms with Gasteiger partial charge in [-0.2, -0.15) is 0 Å². The van der Waals surface area contributed by atoms with Crippen LogP contribution in [-0.4, -0.2) is 87.1 Å². The summed E-state index contributed by atoms with van der Waals surface area (Å²) >= 11 is 0. The monoisotopic (exact) mass is 597 g/mol. The van der Waals surface area contributed by atoms with Crippen molar-refractivity contribution in [1.82, 2.24) is 4.90 Å². The number of hydrogen-bond acceptors (Lipinski definition) is 10. The van der Waals surface area contributed by atoms with Crippen LogP contribution in [-0.2, 0) is 23.7 Å². The fraction of sp³-hybridized carbons (Fsp3) is 0.419. The molecule has 0 bridgehead atoms. The summed E-state index contributed by atoms with van der Waals surface area (Å²) < 4.78 is 26.1. The minimum Gasteiger partial charge on any atom is -0.490 e. The van der Waals surface area contributed by atoms with Gasteiger partial charge in [0.15, 0.2) is 5.78 Å². The van der Waals surface area contributed by atoms with E-state index in [1.165, 1.54) is 6.92 Å². The van der Waals surface area contributed by atoms with E-state index < -0.39 is 23.7 Å². The average molecular weight is 598 g/mol. The van der Waals surface area contributed by atoms with Gasteiger partial charge in [-0.1, -0.05) is 12.6 Å². The van der Waals surface area contributed by atoms with E-state index in [4.69, 9.17) is 23.7 Å². The molecule has 1 aliphatic heterocycles. The van der Waals surface area contributed by atoms with E-state index in [1.54, 1.807) is 49.4 Å². The maximum absolute atomic E-state index is 13.1. The van der Waals surface area contributed by atoms with Crippen molar-refractivity contribution in [3.63, 3.8) is 0 Å². The van der Waals surface area contributed by atoms with Crippen LogP contribution in [0.1, 0.15) is 36.7 Å². The highest BCUT2D eigenvalue weighted by Gasteiger charge is 2.35. The molecular weight excluding hydrogens is 558 g/mol. The number of benzene rings is 2. The maximum Gasteiger partial charge on any atom is 0.411 e. The van der Waals surface area contributed by atoms with Gasteiger partial charge in [0.25, 0.3) is 0 Å². The highest BCUT2D eigenvalue weighted by Crippen LogP contribution is 2.24. The molecule has 1 heterocycles. The SMILES string of the molecule is C=C(C)C(=O)OCCOC(=O)Nc1cc(NC(=O)OCCOc2ccc(C(=O)C(C)(C)N3CCOCC3)cc2)ccc1C. The predicted molar refractivity (Wildman–Crippen MR) is 160 cm³/mol. The van der Waals surface area contributed by atoms with Gasteiger partial charge < -0.3 is 23.7 Å². The second-order valence-electron chi connectivity index (χ2n) is 10.3. The van der Waals surface area contributed by atoms with Crippen molar-refractivity contribution in [3.05, 3.63) is 65.7 Å². The number of amides is 2. The van der Waals surface area contributed by atoms with E-state index in [1.807, 2.05) is 13.8 Å². The summed E-state index contributed by atoms with van der Waals surface area (Å²) in [5.74, 6) is -0.00271. The number of ether oxygens (including phenoxy) is 5. The number of anilines is 2. The minimum atomic E-state index is -0.746. The Morgan fingerprint density at radius 1 is 0.884 bits per heavy atom. The molecule has 0 aromatic heterocycles. The van der Waals surface area contributed by atoms with Gasteiger partial charge in [-0.15, -0.1) is 0 Å². The number of aryl methyl sites for hydroxylation is 1. The number of esters is 1. The van der Waals surface area contributed by atoms with Crippen LogP contribution in [0.4, 0.5) is 21.0 Å². The van der Waals surface area contributed by atoms with Gasteiger partial charge in [-0.05, 0) is 69.7 Å². The smallest absolute Gasteiger partial charge is 0.411 e. The first-order chi connectivity index (χ1) is 20.5. The van der Waals surface area contributed by atoms with E-state index in [-0.39, 0.29) is 37.8 Å². The number of carbonyl (C=O) groups is 4. The van der Waals surface area contributed by atoms with Gasteiger partial charge in [0, 0.05) is 35.6 Å². The lowest BCUT2D eigenvalue weighted by Gasteiger charge is -2.39. The van der Waals surface area contributed by atoms with E-state index in [0.717, 1.165) is 5.56 Å². The van der Waals surface area contributed by atoms with Crippen molar-refractivity contribution in [1.29, 1.82) is 0 Å². The number of ketones is 1. The molecule has 0 saturated carbocycles. The van der Waals surface area contributed by atoms with Gasteiger partial charge in [-0.25, -0.2) is 14.4 Å². The first-order valence-electron chi connectivity index (χ1n) is 13.9. The second-order valence-corrected chi connectivity index (χ2v) is 10.3. The number of morpholine rings is 1. The Balaban J connectivity index is 1.39. The first-order valence-corrected chi connectivity index (χ1v) is 13.9. The number of carbonyl (C=O) groups excluding carboxylic acids is 4. The summed E-state index contributed by atoms with van der Waals surface area (Å²) in [7, 11) is 0. The van der Waals surface area contributed by atoms with Crippen molar-refractivity contribution in [2.75, 3.05) is 63.4 Å². The Hall–Kier alpha value is -4.42. The lowest BCUT2D eigenvalue weighted by molar-refractivity contribution is -0.139. The predicted octanol–water partition coefficient (Wildman–Crippen LogP) is 4.58. The number of Topliss-reactive ketones (excluding diaryl/α,β-unsaturated/α-hetero) is 1. The molecule has 0 atom stereocenters. The second kappa shape index (κ2) is 15.7. The van der Waals surface area contributed by atoms with Crippen LogP contribution in [0.3, 0.4) is 0 Å². The normalized spacial score (nSPS) is 13.4. The zero-order valence-corrected chi connectivity index (χ0v) is 25.0. The summed E-state index contributed by atoms with van der Waals surface area (Å²) in [6.45, 7) is 13.1. The van der Waals surface area contributed by atoms with Crippen LogP contribution in [0.5, 0.6) is 5.75 Å². The van der Waals surface area contributed by atoms with E-state index in [2.05, 4.69) is 22.1 Å². The highest BCUT2D eigenvalue weighted by molar-refractivity contribution is 6.02. The molecule has 0 unspecified atom stereocenters. The third kappa shape index (κ3) is 10.1. The lowest BCUT2D eigenvalue weighted by Crippen LogP contribution is -2.54. The fourth-order valence-electron chi connectivity index (χ4n) is 4.14. The molecule has 1 aliphatic rings. The molecule has 12 heteroatoms. The van der Waals surface area contributed by atoms with Crippen molar-refractivity contribution < 1.29 is 42.9 Å². The molecule has 1 fully saturated rings. The molecule has 2 N–H and O–H groups in total. The summed E-state index contributed by atoms with van der Waals surface area (Å²) in [6, 6.07) is 11.8. The first kappa shape index (κ1) is 33.1. The van der Waals surface area contributed by atoms with Crippen LogP contribution in [0, 0.1) is 6.92 Å². The molecule has 2 aromatic rings. The van der Waals surface area contributed by atoms with Gasteiger partial charge in [0.05, 0.1) is 18.8 Å². The third-order valence-corrected chi connectivity index (χ3v) is 6.68. The van der Waals surface area contributed by atoms with Gasteiger partial charge >= 0.3 is 18.2 Å². The molecular formula is C31H39N3O9. The largest absolute Gasteiger partial charge is 0.490 e. The summed E-state index contributed by atoms with van der Waals surface area (Å²) in [5, 5.41) is 5.17. The Kier molecular flexibility index (Phi) is 12.1. The van der Waals surface area contributed by atoms with Crippen molar-refractivity contribution in [3.8, 4) is 5.75 Å². The van der Waals surface area contributed by atoms with Gasteiger partial charge in [-0.3, -0.25) is 20.3 Å². The van der Waals surface area contributed by atoms with Crippen LogP contribution >= 0.6 is 0 Å². The summed E-state index contributed by atoms with van der Waals surface area (Å²) in [6.07, 6.45) is -1.45. The Labute approximate surface area is 251 Å². The van der Waals surface area contributed by atoms with Crippen LogP contribution < -0.4 is 15.4 Å². The van der Waals surface area contributed by atoms with Crippen LogP contribution in [0.2, 0.25) is 0 Å². The molecule has 3 rings (SSSR count). The van der Waals surface area contributed by atoms with Crippen molar-refractivity contribution >= 4 is 35.3 Å². The standard InChI is InChI=1S/C31H39N3O9/c1-21(2)28(36)41-17-19-43-30(38)33-26-20-24(9-6-22(26)3)32-29(37)42-18-16-40-25-10-7-23(8-11-25)27(35)31(4,5)34-12-14-39-15-13-34/h6-11,20H,1,12-19H2,2-5H3,(H,32,37)(H,33,38). The topological polar surface area (TPSA) is 142 Å². The molecule has 12 nitrogen and oxygen atoms in total. The molecule has 0 radical (unpaired) electrons. The number of rotatable bonds is 13. The molecule has 2 aromatic carbocycles. The number of nitrogens with zero attached hydrogens (tertiary/aromatic N) is 1. The van der Waals surface area contributed by atoms with Crippen molar-refractivity contribution in [2.45, 2.75) is 33.2 Å². The molecule has 1 saturated heterocycles. The molecule has 0 aliphatic carbocycles. The van der Waals surface area contributed by atoms with Crippen LogP contribution in [0.15, 0.2) is 54.6 Å². The molecule has 232 valence electrons. The number of nitrogens with one attached hydrogen (secondary N) is 2. The Morgan fingerprint density at radius 3 is 2.14 bits per heavy atom. The quantitative estimate of drug-likeness (QED) is 0.111. The minimum absolute atomic E-state index is 0.0180. The third-order valence-electron chi connectivity index (χ3n) is 6.68. The van der Waals surface area contributed by atoms with Gasteiger partial charge in [0.2, 0.25) is 0 Å². The zero-order chi connectivity index (χ0) is 31.4. The summed E-state index contributed by atoms with van der Waals surface area (Å²) in [5.41, 5.74) is 1.73. The fourth-order valence-corrected chi connectivity index (χ4v) is 4.14. The van der Waals surface area contributed by atoms with E-state index in [9.17, 15) is 19.2 Å². The average Bonchev–Trinajstić information content (AvgIpc) is 2.99. The van der Waals surface area contributed by atoms with Crippen molar-refractivity contribution in [2.24, 2.45) is 0 Å². The van der Waals surface area contributed by atoms with Gasteiger partial charge in [0.1, 0.15) is 32.2 Å². The van der Waals surface area contributed by atoms with Crippen LogP contribution in [0.25, 0.3) is 0 Å². The zero-order valence-electron chi connectivity index (χ0n) is 25.0. The summed E-state index contributed by atoms with van der Waals surface area (Å²) in [4.78, 5) is 51.0. The van der Waals surface area contributed by atoms with E-state index >= 15 is 0 Å². The molecule has 43 heavy (non-hydrogen) atoms. The maximum atomic E-state index is 13.1. The lowest BCUT2D eigenvalue weighted by atomic mass is 9.91. The Morgan fingerprint density at radius 2 is 1.49 bits per heavy atom. The Bertz CT molecular complexity index is 1300. The number of hydrogen-bond donors (Lipinski definition) is 2.